The zero-order valence-corrected chi connectivity index (χ0v) is 20.0. The Bertz CT molecular complexity index is 1020. The van der Waals surface area contributed by atoms with E-state index in [0.29, 0.717) is 12.3 Å². The first-order valence-corrected chi connectivity index (χ1v) is 11.7. The van der Waals surface area contributed by atoms with E-state index in [2.05, 4.69) is 20.8 Å². The lowest BCUT2D eigenvalue weighted by molar-refractivity contribution is -0.144. The first-order chi connectivity index (χ1) is 15.6. The number of nitrogens with zero attached hydrogens (tertiary/aromatic N) is 5. The Labute approximate surface area is 193 Å². The molecule has 2 N–H and O–H groups in total. The number of aliphatic hydroxyl groups excluding tert-OH is 1. The Balaban J connectivity index is 1.52. The third kappa shape index (κ3) is 4.80. The minimum atomic E-state index is -0.758. The van der Waals surface area contributed by atoms with Crippen LogP contribution >= 0.6 is 0 Å². The topological polar surface area (TPSA) is 126 Å². The van der Waals surface area contributed by atoms with E-state index in [-0.39, 0.29) is 31.3 Å². The number of rotatable bonds is 7. The second-order valence-corrected chi connectivity index (χ2v) is 10.3. The number of likely N-dealkylation sites (tertiary alicyclic amines) is 1. The highest BCUT2D eigenvalue weighted by Gasteiger charge is 2.45. The van der Waals surface area contributed by atoms with Crippen LogP contribution in [0.15, 0.2) is 10.7 Å². The van der Waals surface area contributed by atoms with Gasteiger partial charge in [0.05, 0.1) is 17.5 Å². The second-order valence-electron chi connectivity index (χ2n) is 10.3. The molecule has 0 aromatic carbocycles. The Morgan fingerprint density at radius 2 is 2.06 bits per heavy atom. The molecule has 10 heteroatoms. The summed E-state index contributed by atoms with van der Waals surface area (Å²) in [6, 6.07) is -1.39. The van der Waals surface area contributed by atoms with Crippen LogP contribution in [-0.2, 0) is 22.6 Å². The fraction of sp³-hybridized carbons (Fsp3) is 0.696. The fourth-order valence-corrected chi connectivity index (χ4v) is 4.56. The van der Waals surface area contributed by atoms with Gasteiger partial charge in [-0.25, -0.2) is 4.68 Å². The van der Waals surface area contributed by atoms with Crippen LogP contribution in [0.1, 0.15) is 81.6 Å². The van der Waals surface area contributed by atoms with Gasteiger partial charge in [-0.15, -0.1) is 5.10 Å². The minimum Gasteiger partial charge on any atom is -0.391 e. The van der Waals surface area contributed by atoms with Gasteiger partial charge in [-0.05, 0) is 25.2 Å². The van der Waals surface area contributed by atoms with Gasteiger partial charge in [-0.2, -0.15) is 0 Å². The lowest BCUT2D eigenvalue weighted by atomic mass is 9.85. The van der Waals surface area contributed by atoms with Crippen molar-refractivity contribution >= 4 is 11.8 Å². The van der Waals surface area contributed by atoms with Gasteiger partial charge < -0.3 is 19.8 Å². The predicted octanol–water partition coefficient (Wildman–Crippen LogP) is 1.88. The van der Waals surface area contributed by atoms with E-state index >= 15 is 0 Å². The van der Waals surface area contributed by atoms with Crippen molar-refractivity contribution in [3.8, 4) is 0 Å². The summed E-state index contributed by atoms with van der Waals surface area (Å²) in [5.74, 6) is 0.627. The van der Waals surface area contributed by atoms with E-state index in [1.807, 2.05) is 40.8 Å². The van der Waals surface area contributed by atoms with Crippen molar-refractivity contribution in [2.45, 2.75) is 91.0 Å². The summed E-state index contributed by atoms with van der Waals surface area (Å²) in [7, 11) is 0. The first kappa shape index (κ1) is 23.4. The number of nitrogens with one attached hydrogen (secondary N) is 1. The van der Waals surface area contributed by atoms with Crippen molar-refractivity contribution in [1.82, 2.24) is 30.4 Å². The lowest BCUT2D eigenvalue weighted by Gasteiger charge is -2.34. The average molecular weight is 459 g/mol. The van der Waals surface area contributed by atoms with Gasteiger partial charge in [0.1, 0.15) is 17.8 Å². The van der Waals surface area contributed by atoms with Crippen molar-refractivity contribution in [1.29, 1.82) is 0 Å². The molecule has 10 nitrogen and oxygen atoms in total. The summed E-state index contributed by atoms with van der Waals surface area (Å²) in [4.78, 5) is 28.4. The van der Waals surface area contributed by atoms with E-state index in [1.165, 1.54) is 4.90 Å². The number of amides is 2. The molecule has 4 rings (SSSR count). The van der Waals surface area contributed by atoms with Crippen LogP contribution < -0.4 is 5.32 Å². The van der Waals surface area contributed by atoms with E-state index in [1.54, 1.807) is 4.68 Å². The maximum absolute atomic E-state index is 13.8. The van der Waals surface area contributed by atoms with Crippen LogP contribution in [0, 0.1) is 12.3 Å². The van der Waals surface area contributed by atoms with E-state index in [4.69, 9.17) is 4.52 Å². The van der Waals surface area contributed by atoms with Crippen LogP contribution in [0.3, 0.4) is 0 Å². The molecule has 0 spiro atoms. The molecular formula is C23H34N6O4. The molecule has 0 radical (unpaired) electrons. The van der Waals surface area contributed by atoms with Crippen LogP contribution in [0.4, 0.5) is 0 Å². The molecule has 0 bridgehead atoms. The molecule has 3 unspecified atom stereocenters. The molecular weight excluding hydrogens is 424 g/mol. The highest BCUT2D eigenvalue weighted by Crippen LogP contribution is 2.40. The summed E-state index contributed by atoms with van der Waals surface area (Å²) >= 11 is 0. The average Bonchev–Trinajstić information content (AvgIpc) is 3.18. The van der Waals surface area contributed by atoms with Gasteiger partial charge in [-0.3, -0.25) is 9.59 Å². The van der Waals surface area contributed by atoms with Crippen LogP contribution in [0.5, 0.6) is 0 Å². The number of hydrogen-bond acceptors (Lipinski definition) is 7. The number of β-amino-alcohol motifs (C(OH)–C–C–N with tert-alkyl or cyclic N) is 1. The molecule has 2 amide bonds. The number of aryl methyl sites for hydroxylation is 2. The molecule has 3 heterocycles. The largest absolute Gasteiger partial charge is 0.391 e. The zero-order valence-electron chi connectivity index (χ0n) is 20.0. The zero-order chi connectivity index (χ0) is 23.9. The third-order valence-electron chi connectivity index (χ3n) is 6.53. The highest BCUT2D eigenvalue weighted by atomic mass is 16.5. The van der Waals surface area contributed by atoms with Gasteiger partial charge in [-0.1, -0.05) is 38.1 Å². The smallest absolute Gasteiger partial charge is 0.248 e. The maximum Gasteiger partial charge on any atom is 0.248 e. The van der Waals surface area contributed by atoms with Gasteiger partial charge >= 0.3 is 0 Å². The molecule has 1 aliphatic heterocycles. The molecule has 3 atom stereocenters. The molecule has 1 aliphatic carbocycles. The monoisotopic (exact) mass is 458 g/mol. The Morgan fingerprint density at radius 1 is 1.33 bits per heavy atom. The van der Waals surface area contributed by atoms with Gasteiger partial charge in [0.15, 0.2) is 0 Å². The van der Waals surface area contributed by atoms with Crippen molar-refractivity contribution in [3.05, 3.63) is 28.9 Å². The van der Waals surface area contributed by atoms with Gasteiger partial charge in [0, 0.05) is 43.6 Å². The molecule has 33 heavy (non-hydrogen) atoms. The minimum absolute atomic E-state index is 0.111. The van der Waals surface area contributed by atoms with Crippen LogP contribution in [-0.4, -0.2) is 60.7 Å². The Morgan fingerprint density at radius 3 is 2.70 bits per heavy atom. The highest BCUT2D eigenvalue weighted by molar-refractivity contribution is 5.90. The molecule has 180 valence electrons. The number of carbonyl (C=O) groups is 2. The second kappa shape index (κ2) is 8.89. The van der Waals surface area contributed by atoms with Crippen molar-refractivity contribution in [2.75, 3.05) is 6.54 Å². The van der Waals surface area contributed by atoms with E-state index in [9.17, 15) is 14.7 Å². The lowest BCUT2D eigenvalue weighted by Crippen LogP contribution is -2.50. The number of carbonyl (C=O) groups excluding carboxylic acids is 2. The molecule has 1 saturated heterocycles. The summed E-state index contributed by atoms with van der Waals surface area (Å²) in [5.41, 5.74) is 2.03. The summed E-state index contributed by atoms with van der Waals surface area (Å²) in [6.45, 7) is 10.1. The van der Waals surface area contributed by atoms with Crippen LogP contribution in [0.25, 0.3) is 0 Å². The van der Waals surface area contributed by atoms with Crippen molar-refractivity contribution < 1.29 is 19.2 Å². The first-order valence-electron chi connectivity index (χ1n) is 11.7. The molecule has 2 fully saturated rings. The molecule has 2 aromatic heterocycles. The third-order valence-corrected chi connectivity index (χ3v) is 6.53. The molecule has 2 aliphatic rings. The number of hydrogen-bond donors (Lipinski definition) is 2. The molecule has 2 aromatic rings. The molecule has 1 saturated carbocycles. The predicted molar refractivity (Wildman–Crippen MR) is 119 cm³/mol. The number of aliphatic hydroxyl groups is 1. The van der Waals surface area contributed by atoms with Gasteiger partial charge in [0.2, 0.25) is 11.8 Å². The van der Waals surface area contributed by atoms with Crippen molar-refractivity contribution in [3.63, 3.8) is 0 Å². The Kier molecular flexibility index (Phi) is 6.30. The van der Waals surface area contributed by atoms with Crippen LogP contribution in [0.2, 0.25) is 0 Å². The quantitative estimate of drug-likeness (QED) is 0.649. The Hall–Kier alpha value is -2.75. The van der Waals surface area contributed by atoms with E-state index in [0.717, 1.165) is 35.6 Å². The van der Waals surface area contributed by atoms with Crippen molar-refractivity contribution in [2.24, 2.45) is 5.41 Å². The summed E-state index contributed by atoms with van der Waals surface area (Å²) in [6.07, 6.45) is 4.16. The maximum atomic E-state index is 13.8. The normalized spacial score (nSPS) is 21.9. The number of aromatic nitrogens is 4. The standard InChI is InChI=1S/C23H34N6O4/c1-6-19-16(13(2)26-33-19)10-24-21(31)18-9-15(30)11-28(18)22(32)20(23(3,4)5)29-12-17(25-27-29)14-7-8-14/h12,14-15,18,20,30H,6-11H2,1-5H3,(H,24,31). The summed E-state index contributed by atoms with van der Waals surface area (Å²) in [5, 5.41) is 25.8. The summed E-state index contributed by atoms with van der Waals surface area (Å²) < 4.78 is 6.93. The van der Waals surface area contributed by atoms with Gasteiger partial charge in [0.25, 0.3) is 0 Å². The fourth-order valence-electron chi connectivity index (χ4n) is 4.56. The SMILES string of the molecule is CCc1onc(C)c1CNC(=O)C1CC(O)CN1C(=O)C(n1cc(C2CC2)nn1)C(C)(C)C. The van der Waals surface area contributed by atoms with E-state index < -0.39 is 23.6 Å².